The topological polar surface area (TPSA) is 21.7 Å². The van der Waals surface area contributed by atoms with Crippen LogP contribution in [-0.2, 0) is 9.31 Å². The lowest BCUT2D eigenvalue weighted by Crippen LogP contribution is -2.43. The van der Waals surface area contributed by atoms with Crippen molar-refractivity contribution in [2.75, 3.05) is 33.4 Å². The highest BCUT2D eigenvalue weighted by Crippen LogP contribution is 2.00. The first-order valence-corrected chi connectivity index (χ1v) is 5.74. The standard InChI is InChI=1S/C12H18BNO2/c1-11-3-5-12(6-4-11)13-15-9-7-14(2)8-10-16-13/h3-6H,7-10H2,1-2H3. The number of hydrogen-bond acceptors (Lipinski definition) is 3. The van der Waals surface area contributed by atoms with Gasteiger partial charge in [0.1, 0.15) is 0 Å². The van der Waals surface area contributed by atoms with Gasteiger partial charge in [0, 0.05) is 26.3 Å². The van der Waals surface area contributed by atoms with E-state index in [0.717, 1.165) is 31.8 Å². The minimum absolute atomic E-state index is 0.200. The minimum Gasteiger partial charge on any atom is -0.406 e. The minimum atomic E-state index is -0.200. The molecule has 1 heterocycles. The molecular weight excluding hydrogens is 201 g/mol. The SMILES string of the molecule is Cc1ccc(B2OCCN(C)CCO2)cc1. The van der Waals surface area contributed by atoms with Gasteiger partial charge in [0.25, 0.3) is 0 Å². The summed E-state index contributed by atoms with van der Waals surface area (Å²) in [7, 11) is 1.88. The Bertz CT molecular complexity index is 318. The predicted octanol–water partition coefficient (Wildman–Crippen LogP) is 0.669. The number of benzene rings is 1. The third-order valence-electron chi connectivity index (χ3n) is 2.83. The molecule has 1 aliphatic rings. The Morgan fingerprint density at radius 1 is 1.06 bits per heavy atom. The first-order chi connectivity index (χ1) is 7.75. The van der Waals surface area contributed by atoms with Crippen molar-refractivity contribution in [2.45, 2.75) is 6.92 Å². The molecule has 0 aromatic heterocycles. The van der Waals surface area contributed by atoms with Crippen molar-refractivity contribution in [3.05, 3.63) is 29.8 Å². The Labute approximate surface area is 97.5 Å². The van der Waals surface area contributed by atoms with Gasteiger partial charge in [0.2, 0.25) is 0 Å². The lowest BCUT2D eigenvalue weighted by Gasteiger charge is -2.24. The quantitative estimate of drug-likeness (QED) is 0.648. The van der Waals surface area contributed by atoms with Crippen LogP contribution >= 0.6 is 0 Å². The van der Waals surface area contributed by atoms with Crippen molar-refractivity contribution in [3.63, 3.8) is 0 Å². The first kappa shape index (κ1) is 11.6. The van der Waals surface area contributed by atoms with E-state index in [-0.39, 0.29) is 7.12 Å². The number of aryl methyl sites for hydroxylation is 1. The Balaban J connectivity index is 2.00. The van der Waals surface area contributed by atoms with Gasteiger partial charge in [-0.3, -0.25) is 0 Å². The lowest BCUT2D eigenvalue weighted by molar-refractivity contribution is 0.132. The molecule has 86 valence electrons. The van der Waals surface area contributed by atoms with Crippen LogP contribution in [0.5, 0.6) is 0 Å². The number of likely N-dealkylation sites (N-methyl/N-ethyl adjacent to an activating group) is 1. The second kappa shape index (κ2) is 5.48. The fourth-order valence-electron chi connectivity index (χ4n) is 1.71. The van der Waals surface area contributed by atoms with Gasteiger partial charge in [0.05, 0.1) is 0 Å². The average molecular weight is 219 g/mol. The summed E-state index contributed by atoms with van der Waals surface area (Å²) < 4.78 is 11.4. The van der Waals surface area contributed by atoms with E-state index in [4.69, 9.17) is 9.31 Å². The second-order valence-corrected chi connectivity index (χ2v) is 4.29. The highest BCUT2D eigenvalue weighted by atomic mass is 16.6. The summed E-state index contributed by atoms with van der Waals surface area (Å²) in [6.07, 6.45) is 0. The van der Waals surface area contributed by atoms with E-state index in [9.17, 15) is 0 Å². The van der Waals surface area contributed by atoms with Crippen LogP contribution in [0.4, 0.5) is 0 Å². The molecule has 1 fully saturated rings. The lowest BCUT2D eigenvalue weighted by atomic mass is 9.78. The van der Waals surface area contributed by atoms with Crippen molar-refractivity contribution in [3.8, 4) is 0 Å². The van der Waals surface area contributed by atoms with E-state index in [2.05, 4.69) is 43.1 Å². The van der Waals surface area contributed by atoms with Crippen LogP contribution in [0, 0.1) is 6.92 Å². The highest BCUT2D eigenvalue weighted by molar-refractivity contribution is 6.61. The highest BCUT2D eigenvalue weighted by Gasteiger charge is 2.22. The van der Waals surface area contributed by atoms with Gasteiger partial charge in [0.15, 0.2) is 0 Å². The third kappa shape index (κ3) is 3.08. The van der Waals surface area contributed by atoms with Gasteiger partial charge in [-0.25, -0.2) is 0 Å². The smallest absolute Gasteiger partial charge is 0.406 e. The van der Waals surface area contributed by atoms with Gasteiger partial charge in [-0.05, 0) is 19.4 Å². The van der Waals surface area contributed by atoms with E-state index >= 15 is 0 Å². The molecule has 0 unspecified atom stereocenters. The summed E-state index contributed by atoms with van der Waals surface area (Å²) in [4.78, 5) is 2.21. The molecule has 3 nitrogen and oxygen atoms in total. The van der Waals surface area contributed by atoms with Crippen molar-refractivity contribution < 1.29 is 9.31 Å². The molecular formula is C12H18BNO2. The molecule has 0 aliphatic carbocycles. The van der Waals surface area contributed by atoms with Crippen molar-refractivity contribution in [1.29, 1.82) is 0 Å². The second-order valence-electron chi connectivity index (χ2n) is 4.29. The maximum Gasteiger partial charge on any atom is 0.493 e. The summed E-state index contributed by atoms with van der Waals surface area (Å²) in [6.45, 7) is 5.44. The molecule has 0 bridgehead atoms. The molecule has 0 saturated carbocycles. The zero-order chi connectivity index (χ0) is 11.4. The summed E-state index contributed by atoms with van der Waals surface area (Å²) in [6, 6.07) is 8.33. The molecule has 0 spiro atoms. The monoisotopic (exact) mass is 219 g/mol. The molecule has 1 aromatic rings. The summed E-state index contributed by atoms with van der Waals surface area (Å²) in [5.41, 5.74) is 2.37. The fraction of sp³-hybridized carbons (Fsp3) is 0.500. The fourth-order valence-corrected chi connectivity index (χ4v) is 1.71. The van der Waals surface area contributed by atoms with Crippen LogP contribution in [0.1, 0.15) is 5.56 Å². The van der Waals surface area contributed by atoms with Crippen molar-refractivity contribution >= 4 is 12.6 Å². The third-order valence-corrected chi connectivity index (χ3v) is 2.83. The Kier molecular flexibility index (Phi) is 3.99. The van der Waals surface area contributed by atoms with Crippen LogP contribution in [0.3, 0.4) is 0 Å². The predicted molar refractivity (Wildman–Crippen MR) is 66.0 cm³/mol. The maximum atomic E-state index is 5.72. The molecule has 0 atom stereocenters. The van der Waals surface area contributed by atoms with E-state index < -0.39 is 0 Å². The van der Waals surface area contributed by atoms with E-state index in [1.807, 2.05) is 0 Å². The molecule has 4 heteroatoms. The molecule has 1 aromatic carbocycles. The molecule has 16 heavy (non-hydrogen) atoms. The van der Waals surface area contributed by atoms with Crippen LogP contribution in [0.2, 0.25) is 0 Å². The Morgan fingerprint density at radius 3 is 2.19 bits per heavy atom. The van der Waals surface area contributed by atoms with Gasteiger partial charge in [-0.2, -0.15) is 0 Å². The van der Waals surface area contributed by atoms with Gasteiger partial charge in [-0.1, -0.05) is 29.8 Å². The first-order valence-electron chi connectivity index (χ1n) is 5.74. The molecule has 1 aliphatic heterocycles. The van der Waals surface area contributed by atoms with Crippen LogP contribution in [0.25, 0.3) is 0 Å². The summed E-state index contributed by atoms with van der Waals surface area (Å²) in [5, 5.41) is 0. The number of rotatable bonds is 1. The van der Waals surface area contributed by atoms with Crippen LogP contribution < -0.4 is 5.46 Å². The van der Waals surface area contributed by atoms with Gasteiger partial charge in [-0.15, -0.1) is 0 Å². The van der Waals surface area contributed by atoms with E-state index in [1.165, 1.54) is 5.56 Å². The molecule has 0 amide bonds. The van der Waals surface area contributed by atoms with Gasteiger partial charge >= 0.3 is 7.12 Å². The number of nitrogens with zero attached hydrogens (tertiary/aromatic N) is 1. The molecule has 0 N–H and O–H groups in total. The Morgan fingerprint density at radius 2 is 1.62 bits per heavy atom. The van der Waals surface area contributed by atoms with Gasteiger partial charge < -0.3 is 14.2 Å². The van der Waals surface area contributed by atoms with Crippen LogP contribution in [-0.4, -0.2) is 45.4 Å². The summed E-state index contributed by atoms with van der Waals surface area (Å²) in [5.74, 6) is 0. The van der Waals surface area contributed by atoms with Crippen molar-refractivity contribution in [2.24, 2.45) is 0 Å². The van der Waals surface area contributed by atoms with E-state index in [0.29, 0.717) is 0 Å². The zero-order valence-corrected chi connectivity index (χ0v) is 9.98. The number of hydrogen-bond donors (Lipinski definition) is 0. The van der Waals surface area contributed by atoms with E-state index in [1.54, 1.807) is 0 Å². The Hall–Kier alpha value is -0.835. The normalized spacial score (nSPS) is 19.2. The summed E-state index contributed by atoms with van der Waals surface area (Å²) >= 11 is 0. The largest absolute Gasteiger partial charge is 0.493 e. The average Bonchev–Trinajstić information content (AvgIpc) is 2.25. The maximum absolute atomic E-state index is 5.72. The van der Waals surface area contributed by atoms with Crippen molar-refractivity contribution in [1.82, 2.24) is 4.90 Å². The van der Waals surface area contributed by atoms with Crippen LogP contribution in [0.15, 0.2) is 24.3 Å². The zero-order valence-electron chi connectivity index (χ0n) is 9.98. The molecule has 0 radical (unpaired) electrons. The molecule has 1 saturated heterocycles. The molecule has 2 rings (SSSR count).